The van der Waals surface area contributed by atoms with E-state index in [0.29, 0.717) is 24.5 Å². The van der Waals surface area contributed by atoms with Crippen LogP contribution in [0.4, 0.5) is 5.82 Å². The van der Waals surface area contributed by atoms with Crippen molar-refractivity contribution in [1.82, 2.24) is 4.98 Å². The number of anilines is 1. The lowest BCUT2D eigenvalue weighted by Crippen LogP contribution is -2.30. The van der Waals surface area contributed by atoms with Gasteiger partial charge in [0.25, 0.3) is 10.0 Å². The maximum Gasteiger partial charge on any atom is 0.269 e. The molecule has 2 aromatic carbocycles. The van der Waals surface area contributed by atoms with E-state index in [1.165, 1.54) is 11.4 Å². The van der Waals surface area contributed by atoms with Gasteiger partial charge in [0.05, 0.1) is 12.6 Å². The van der Waals surface area contributed by atoms with Crippen LogP contribution in [0.15, 0.2) is 53.4 Å². The van der Waals surface area contributed by atoms with Crippen LogP contribution >= 0.6 is 0 Å². The van der Waals surface area contributed by atoms with Gasteiger partial charge in [0.15, 0.2) is 0 Å². The van der Waals surface area contributed by atoms with E-state index in [2.05, 4.69) is 4.98 Å². The van der Waals surface area contributed by atoms with E-state index in [-0.39, 0.29) is 4.90 Å². The molecule has 128 valence electrons. The predicted molar refractivity (Wildman–Crippen MR) is 97.7 cm³/mol. The van der Waals surface area contributed by atoms with Gasteiger partial charge in [-0.15, -0.1) is 0 Å². The molecule has 6 heteroatoms. The maximum atomic E-state index is 13.3. The third kappa shape index (κ3) is 2.53. The highest BCUT2D eigenvalue weighted by Gasteiger charge is 2.34. The molecular weight excluding hydrogens is 336 g/mol. The number of rotatable bonds is 3. The lowest BCUT2D eigenvalue weighted by molar-refractivity contribution is 0.402. The summed E-state index contributed by atoms with van der Waals surface area (Å²) in [4.78, 5) is 4.79. The molecule has 0 spiro atoms. The molecule has 1 aliphatic heterocycles. The first kappa shape index (κ1) is 15.9. The van der Waals surface area contributed by atoms with Gasteiger partial charge in [-0.1, -0.05) is 24.3 Å². The summed E-state index contributed by atoms with van der Waals surface area (Å²) in [5.41, 5.74) is 2.61. The Balaban J connectivity index is 1.87. The molecule has 0 amide bonds. The molecule has 0 aliphatic carbocycles. The second-order valence-electron chi connectivity index (χ2n) is 6.15. The number of hydrogen-bond acceptors (Lipinski definition) is 4. The lowest BCUT2D eigenvalue weighted by atomic mass is 10.1. The third-order valence-corrected chi connectivity index (χ3v) is 6.30. The van der Waals surface area contributed by atoms with Crippen molar-refractivity contribution >= 4 is 26.7 Å². The second kappa shape index (κ2) is 5.74. The first-order valence-corrected chi connectivity index (χ1v) is 9.51. The second-order valence-corrected chi connectivity index (χ2v) is 7.98. The predicted octanol–water partition coefficient (Wildman–Crippen LogP) is 3.30. The van der Waals surface area contributed by atoms with E-state index in [4.69, 9.17) is 4.74 Å². The number of aromatic nitrogens is 1. The van der Waals surface area contributed by atoms with Crippen LogP contribution in [0.1, 0.15) is 11.1 Å². The minimum absolute atomic E-state index is 0.179. The minimum atomic E-state index is -3.74. The Morgan fingerprint density at radius 3 is 2.72 bits per heavy atom. The van der Waals surface area contributed by atoms with Crippen LogP contribution in [0.3, 0.4) is 0 Å². The molecule has 1 aromatic heterocycles. The van der Waals surface area contributed by atoms with Crippen LogP contribution in [0.25, 0.3) is 10.9 Å². The summed E-state index contributed by atoms with van der Waals surface area (Å²) in [6.07, 6.45) is 0.653. The Labute approximate surface area is 146 Å². The Morgan fingerprint density at radius 1 is 1.12 bits per heavy atom. The minimum Gasteiger partial charge on any atom is -0.495 e. The van der Waals surface area contributed by atoms with Crippen LogP contribution in [0.5, 0.6) is 5.75 Å². The van der Waals surface area contributed by atoms with E-state index in [0.717, 1.165) is 22.0 Å². The van der Waals surface area contributed by atoms with Crippen LogP contribution in [0, 0.1) is 6.92 Å². The van der Waals surface area contributed by atoms with Crippen molar-refractivity contribution in [2.75, 3.05) is 18.0 Å². The molecule has 0 fully saturated rings. The number of para-hydroxylation sites is 1. The highest BCUT2D eigenvalue weighted by molar-refractivity contribution is 7.93. The van der Waals surface area contributed by atoms with E-state index >= 15 is 0 Å². The number of fused-ring (bicyclic) bond motifs is 2. The number of nitrogens with zero attached hydrogens (tertiary/aromatic N) is 2. The van der Waals surface area contributed by atoms with E-state index in [1.807, 2.05) is 43.3 Å². The summed E-state index contributed by atoms with van der Waals surface area (Å²) < 4.78 is 33.2. The fourth-order valence-electron chi connectivity index (χ4n) is 3.22. The zero-order chi connectivity index (χ0) is 17.6. The monoisotopic (exact) mass is 354 g/mol. The van der Waals surface area contributed by atoms with Crippen LogP contribution in [-0.2, 0) is 16.4 Å². The molecule has 3 aromatic rings. The van der Waals surface area contributed by atoms with Crippen molar-refractivity contribution < 1.29 is 13.2 Å². The summed E-state index contributed by atoms with van der Waals surface area (Å²) in [5, 5.41) is 1.02. The van der Waals surface area contributed by atoms with E-state index in [1.54, 1.807) is 12.1 Å². The Morgan fingerprint density at radius 2 is 1.92 bits per heavy atom. The zero-order valence-electron chi connectivity index (χ0n) is 14.1. The van der Waals surface area contributed by atoms with Gasteiger partial charge in [0, 0.05) is 11.9 Å². The number of ether oxygens (including phenoxy) is 1. The average Bonchev–Trinajstić information content (AvgIpc) is 3.03. The van der Waals surface area contributed by atoms with Gasteiger partial charge in [-0.2, -0.15) is 0 Å². The van der Waals surface area contributed by atoms with Gasteiger partial charge in [0.1, 0.15) is 16.5 Å². The summed E-state index contributed by atoms with van der Waals surface area (Å²) in [6.45, 7) is 2.25. The third-order valence-electron chi connectivity index (χ3n) is 4.49. The molecule has 0 bridgehead atoms. The molecule has 0 radical (unpaired) electrons. The molecular formula is C19H18N2O3S. The van der Waals surface area contributed by atoms with Crippen molar-refractivity contribution in [3.8, 4) is 5.75 Å². The first-order chi connectivity index (χ1) is 12.0. The highest BCUT2D eigenvalue weighted by Crippen LogP contribution is 2.36. The van der Waals surface area contributed by atoms with Gasteiger partial charge < -0.3 is 4.74 Å². The lowest BCUT2D eigenvalue weighted by Gasteiger charge is -2.20. The molecule has 0 atom stereocenters. The first-order valence-electron chi connectivity index (χ1n) is 8.07. The van der Waals surface area contributed by atoms with Gasteiger partial charge in [0.2, 0.25) is 0 Å². The maximum absolute atomic E-state index is 13.3. The molecule has 5 nitrogen and oxygen atoms in total. The molecule has 1 aliphatic rings. The van der Waals surface area contributed by atoms with Gasteiger partial charge in [-0.05, 0) is 48.7 Å². The summed E-state index contributed by atoms with van der Waals surface area (Å²) >= 11 is 0. The number of methoxy groups -OCH3 is 1. The molecule has 0 N–H and O–H groups in total. The number of hydrogen-bond donors (Lipinski definition) is 0. The van der Waals surface area contributed by atoms with Crippen LogP contribution in [0.2, 0.25) is 0 Å². The SMILES string of the molecule is COc1ccc(C)cc1S(=O)(=O)N1CCc2cc3ccccc3nc21. The van der Waals surface area contributed by atoms with Crippen molar-refractivity contribution in [3.63, 3.8) is 0 Å². The quantitative estimate of drug-likeness (QED) is 0.724. The topological polar surface area (TPSA) is 59.5 Å². The van der Waals surface area contributed by atoms with Crippen molar-refractivity contribution in [2.24, 2.45) is 0 Å². The fraction of sp³-hybridized carbons (Fsp3) is 0.211. The highest BCUT2D eigenvalue weighted by atomic mass is 32.2. The Hall–Kier alpha value is -2.60. The summed E-state index contributed by atoms with van der Waals surface area (Å²) in [7, 11) is -2.26. The van der Waals surface area contributed by atoms with Crippen molar-refractivity contribution in [1.29, 1.82) is 0 Å². The molecule has 0 saturated carbocycles. The fourth-order valence-corrected chi connectivity index (χ4v) is 4.91. The Kier molecular flexibility index (Phi) is 3.65. The standard InChI is InChI=1S/C19H18N2O3S/c1-13-7-8-17(24-2)18(11-13)25(22,23)21-10-9-15-12-14-5-3-4-6-16(14)20-19(15)21/h3-8,11-12H,9-10H2,1-2H3. The van der Waals surface area contributed by atoms with Gasteiger partial charge in [-0.3, -0.25) is 0 Å². The van der Waals surface area contributed by atoms with Crippen LogP contribution < -0.4 is 9.04 Å². The largest absolute Gasteiger partial charge is 0.495 e. The van der Waals surface area contributed by atoms with E-state index < -0.39 is 10.0 Å². The van der Waals surface area contributed by atoms with Gasteiger partial charge >= 0.3 is 0 Å². The van der Waals surface area contributed by atoms with Crippen molar-refractivity contribution in [3.05, 3.63) is 59.7 Å². The summed E-state index contributed by atoms with van der Waals surface area (Å²) in [5.74, 6) is 0.863. The van der Waals surface area contributed by atoms with Crippen molar-refractivity contribution in [2.45, 2.75) is 18.2 Å². The zero-order valence-corrected chi connectivity index (χ0v) is 14.9. The number of aryl methyl sites for hydroxylation is 1. The normalized spacial score (nSPS) is 13.9. The molecule has 0 unspecified atom stereocenters. The van der Waals surface area contributed by atoms with Gasteiger partial charge in [-0.25, -0.2) is 17.7 Å². The Bertz CT molecular complexity index is 1080. The number of sulfonamides is 1. The summed E-state index contributed by atoms with van der Waals surface area (Å²) in [6, 6.07) is 14.9. The van der Waals surface area contributed by atoms with Crippen LogP contribution in [-0.4, -0.2) is 27.1 Å². The molecule has 0 saturated heterocycles. The van der Waals surface area contributed by atoms with E-state index in [9.17, 15) is 8.42 Å². The average molecular weight is 354 g/mol. The number of benzene rings is 2. The molecule has 2 heterocycles. The molecule has 4 rings (SSSR count). The number of pyridine rings is 1. The smallest absolute Gasteiger partial charge is 0.269 e. The molecule has 25 heavy (non-hydrogen) atoms.